The highest BCUT2D eigenvalue weighted by Crippen LogP contribution is 2.36. The van der Waals surface area contributed by atoms with Gasteiger partial charge in [-0.15, -0.1) is 0 Å². The van der Waals surface area contributed by atoms with E-state index >= 15 is 0 Å². The lowest BCUT2D eigenvalue weighted by Gasteiger charge is -2.40. The van der Waals surface area contributed by atoms with Crippen molar-refractivity contribution in [2.75, 3.05) is 43.9 Å². The Labute approximate surface area is 149 Å². The first-order valence-electron chi connectivity index (χ1n) is 9.01. The summed E-state index contributed by atoms with van der Waals surface area (Å²) in [5, 5.41) is 3.04. The SMILES string of the molecule is CC(=O)N1CCc2cccc(NC(=O)N(C)[C@H]3CCN(C)C[C@H]3C)c21. The van der Waals surface area contributed by atoms with Crippen LogP contribution in [0.1, 0.15) is 25.8 Å². The molecule has 3 amide bonds. The first kappa shape index (κ1) is 17.7. The second-order valence-corrected chi connectivity index (χ2v) is 7.37. The number of hydrogen-bond donors (Lipinski definition) is 1. The molecule has 6 heteroatoms. The number of para-hydroxylation sites is 1. The first-order valence-corrected chi connectivity index (χ1v) is 9.01. The third kappa shape index (κ3) is 3.49. The van der Waals surface area contributed by atoms with Gasteiger partial charge in [-0.2, -0.15) is 0 Å². The molecular formula is C19H28N4O2. The fourth-order valence-corrected chi connectivity index (χ4v) is 4.14. The highest BCUT2D eigenvalue weighted by Gasteiger charge is 2.31. The number of piperidine rings is 1. The van der Waals surface area contributed by atoms with Crippen molar-refractivity contribution in [2.45, 2.75) is 32.7 Å². The van der Waals surface area contributed by atoms with E-state index in [1.807, 2.05) is 30.1 Å². The number of fused-ring (bicyclic) bond motifs is 1. The third-order valence-electron chi connectivity index (χ3n) is 5.50. The van der Waals surface area contributed by atoms with Crippen molar-refractivity contribution in [1.82, 2.24) is 9.80 Å². The quantitative estimate of drug-likeness (QED) is 0.896. The van der Waals surface area contributed by atoms with Crippen LogP contribution in [-0.2, 0) is 11.2 Å². The van der Waals surface area contributed by atoms with Gasteiger partial charge in [-0.25, -0.2) is 4.79 Å². The average molecular weight is 344 g/mol. The van der Waals surface area contributed by atoms with Crippen LogP contribution in [0.25, 0.3) is 0 Å². The van der Waals surface area contributed by atoms with Crippen LogP contribution in [-0.4, -0.2) is 61.5 Å². The van der Waals surface area contributed by atoms with Gasteiger partial charge in [0.25, 0.3) is 0 Å². The minimum Gasteiger partial charge on any atom is -0.324 e. The van der Waals surface area contributed by atoms with Crippen LogP contribution < -0.4 is 10.2 Å². The summed E-state index contributed by atoms with van der Waals surface area (Å²) in [6.07, 6.45) is 1.81. The standard InChI is InChI=1S/C19H28N4O2/c1-13-12-21(3)10-9-17(13)22(4)19(25)20-16-7-5-6-15-8-11-23(14(2)24)18(15)16/h5-7,13,17H,8-12H2,1-4H3,(H,20,25)/t13-,17+/m1/s1. The summed E-state index contributed by atoms with van der Waals surface area (Å²) in [4.78, 5) is 30.6. The number of carbonyl (C=O) groups is 2. The van der Waals surface area contributed by atoms with E-state index < -0.39 is 0 Å². The molecule has 6 nitrogen and oxygen atoms in total. The van der Waals surface area contributed by atoms with Crippen LogP contribution in [0.5, 0.6) is 0 Å². The van der Waals surface area contributed by atoms with E-state index in [0.717, 1.165) is 42.9 Å². The van der Waals surface area contributed by atoms with Crippen LogP contribution in [0, 0.1) is 5.92 Å². The number of hydrogen-bond acceptors (Lipinski definition) is 3. The molecule has 1 aromatic carbocycles. The molecule has 2 heterocycles. The first-order chi connectivity index (χ1) is 11.9. The van der Waals surface area contributed by atoms with Gasteiger partial charge in [0.15, 0.2) is 0 Å². The van der Waals surface area contributed by atoms with Crippen molar-refractivity contribution < 1.29 is 9.59 Å². The zero-order valence-corrected chi connectivity index (χ0v) is 15.6. The molecule has 3 rings (SSSR count). The summed E-state index contributed by atoms with van der Waals surface area (Å²) in [5.41, 5.74) is 2.69. The predicted octanol–water partition coefficient (Wildman–Crippen LogP) is 2.40. The van der Waals surface area contributed by atoms with Gasteiger partial charge < -0.3 is 20.0 Å². The highest BCUT2D eigenvalue weighted by molar-refractivity contribution is 6.02. The van der Waals surface area contributed by atoms with Crippen molar-refractivity contribution in [1.29, 1.82) is 0 Å². The molecule has 0 saturated carbocycles. The normalized spacial score (nSPS) is 23.3. The van der Waals surface area contributed by atoms with E-state index in [1.165, 1.54) is 0 Å². The Kier molecular flexibility index (Phi) is 4.99. The summed E-state index contributed by atoms with van der Waals surface area (Å²) >= 11 is 0. The van der Waals surface area contributed by atoms with E-state index in [0.29, 0.717) is 12.5 Å². The lowest BCUT2D eigenvalue weighted by molar-refractivity contribution is -0.116. The summed E-state index contributed by atoms with van der Waals surface area (Å²) in [7, 11) is 3.99. The lowest BCUT2D eigenvalue weighted by atomic mass is 9.93. The minimum absolute atomic E-state index is 0.0118. The maximum atomic E-state index is 12.8. The van der Waals surface area contributed by atoms with E-state index in [4.69, 9.17) is 0 Å². The van der Waals surface area contributed by atoms with Crippen LogP contribution >= 0.6 is 0 Å². The molecule has 2 atom stereocenters. The Morgan fingerprint density at radius 1 is 1.28 bits per heavy atom. The van der Waals surface area contributed by atoms with Crippen LogP contribution in [0.2, 0.25) is 0 Å². The molecule has 25 heavy (non-hydrogen) atoms. The Hall–Kier alpha value is -2.08. The Morgan fingerprint density at radius 3 is 2.72 bits per heavy atom. The van der Waals surface area contributed by atoms with Crippen LogP contribution in [0.4, 0.5) is 16.2 Å². The van der Waals surface area contributed by atoms with Crippen molar-refractivity contribution >= 4 is 23.3 Å². The zero-order chi connectivity index (χ0) is 18.1. The summed E-state index contributed by atoms with van der Waals surface area (Å²) in [5.74, 6) is 0.447. The molecule has 0 unspecified atom stereocenters. The maximum Gasteiger partial charge on any atom is 0.321 e. The number of anilines is 2. The smallest absolute Gasteiger partial charge is 0.321 e. The number of carbonyl (C=O) groups excluding carboxylic acids is 2. The van der Waals surface area contributed by atoms with Crippen LogP contribution in [0.3, 0.4) is 0 Å². The van der Waals surface area contributed by atoms with Gasteiger partial charge in [-0.1, -0.05) is 19.1 Å². The number of benzene rings is 1. The van der Waals surface area contributed by atoms with Gasteiger partial charge in [0.2, 0.25) is 5.91 Å². The molecule has 0 aliphatic carbocycles. The van der Waals surface area contributed by atoms with Crippen molar-refractivity contribution in [3.05, 3.63) is 23.8 Å². The molecule has 2 aliphatic rings. The molecule has 0 aromatic heterocycles. The second kappa shape index (κ2) is 7.04. The molecule has 1 aromatic rings. The Morgan fingerprint density at radius 2 is 2.04 bits per heavy atom. The van der Waals surface area contributed by atoms with Crippen molar-refractivity contribution in [3.8, 4) is 0 Å². The minimum atomic E-state index is -0.106. The van der Waals surface area contributed by atoms with Crippen molar-refractivity contribution in [2.24, 2.45) is 5.92 Å². The fraction of sp³-hybridized carbons (Fsp3) is 0.579. The highest BCUT2D eigenvalue weighted by atomic mass is 16.2. The summed E-state index contributed by atoms with van der Waals surface area (Å²) in [6.45, 7) is 6.45. The predicted molar refractivity (Wildman–Crippen MR) is 100 cm³/mol. The molecule has 1 fully saturated rings. The molecule has 0 spiro atoms. The molecule has 0 bridgehead atoms. The Balaban J connectivity index is 1.76. The number of urea groups is 1. The zero-order valence-electron chi connectivity index (χ0n) is 15.6. The average Bonchev–Trinajstić information content (AvgIpc) is 2.99. The molecule has 2 aliphatic heterocycles. The third-order valence-corrected chi connectivity index (χ3v) is 5.50. The van der Waals surface area contributed by atoms with Crippen molar-refractivity contribution in [3.63, 3.8) is 0 Å². The summed E-state index contributed by atoms with van der Waals surface area (Å²) in [6, 6.07) is 5.97. The molecule has 1 N–H and O–H groups in total. The van der Waals surface area contributed by atoms with Gasteiger partial charge in [0.1, 0.15) is 0 Å². The van der Waals surface area contributed by atoms with E-state index in [9.17, 15) is 9.59 Å². The molecule has 0 radical (unpaired) electrons. The van der Waals surface area contributed by atoms with Gasteiger partial charge >= 0.3 is 6.03 Å². The van der Waals surface area contributed by atoms with Gasteiger partial charge in [0.05, 0.1) is 11.4 Å². The van der Waals surface area contributed by atoms with E-state index in [2.05, 4.69) is 24.2 Å². The van der Waals surface area contributed by atoms with Gasteiger partial charge in [-0.3, -0.25) is 4.79 Å². The Bertz CT molecular complexity index is 675. The molecular weight excluding hydrogens is 316 g/mol. The molecule has 1 saturated heterocycles. The number of nitrogens with one attached hydrogen (secondary N) is 1. The van der Waals surface area contributed by atoms with E-state index in [1.54, 1.807) is 11.8 Å². The number of rotatable bonds is 2. The van der Waals surface area contributed by atoms with E-state index in [-0.39, 0.29) is 18.0 Å². The van der Waals surface area contributed by atoms with Crippen LogP contribution in [0.15, 0.2) is 18.2 Å². The maximum absolute atomic E-state index is 12.8. The van der Waals surface area contributed by atoms with Gasteiger partial charge in [0, 0.05) is 33.1 Å². The fourth-order valence-electron chi connectivity index (χ4n) is 4.14. The number of nitrogens with zero attached hydrogens (tertiary/aromatic N) is 3. The largest absolute Gasteiger partial charge is 0.324 e. The lowest BCUT2D eigenvalue weighted by Crippen LogP contribution is -2.50. The molecule has 136 valence electrons. The monoisotopic (exact) mass is 344 g/mol. The number of likely N-dealkylation sites (tertiary alicyclic amines) is 1. The summed E-state index contributed by atoms with van der Waals surface area (Å²) < 4.78 is 0. The second-order valence-electron chi connectivity index (χ2n) is 7.37. The van der Waals surface area contributed by atoms with Gasteiger partial charge in [-0.05, 0) is 44.0 Å². The topological polar surface area (TPSA) is 55.9 Å². The number of amides is 3.